The summed E-state index contributed by atoms with van der Waals surface area (Å²) in [5.41, 5.74) is 3.11. The van der Waals surface area contributed by atoms with Crippen LogP contribution in [0.2, 0.25) is 0 Å². The Labute approximate surface area is 171 Å². The Hall–Kier alpha value is -2.71. The molecule has 1 N–H and O–H groups in total. The molecule has 1 saturated heterocycles. The molecule has 8 heteroatoms. The number of piperazine rings is 1. The van der Waals surface area contributed by atoms with Gasteiger partial charge < -0.3 is 10.2 Å². The maximum atomic E-state index is 13.6. The summed E-state index contributed by atoms with van der Waals surface area (Å²) < 4.78 is 1.58. The lowest BCUT2D eigenvalue weighted by molar-refractivity contribution is -0.119. The van der Waals surface area contributed by atoms with E-state index < -0.39 is 0 Å². The summed E-state index contributed by atoms with van der Waals surface area (Å²) in [6.07, 6.45) is 0.636. The van der Waals surface area contributed by atoms with E-state index in [-0.39, 0.29) is 11.8 Å². The van der Waals surface area contributed by atoms with Crippen LogP contribution in [0, 0.1) is 0 Å². The second kappa shape index (κ2) is 7.96. The summed E-state index contributed by atoms with van der Waals surface area (Å²) in [5.74, 6) is -0.281. The normalized spacial score (nSPS) is 17.5. The van der Waals surface area contributed by atoms with Crippen LogP contribution in [0.25, 0.3) is 0 Å². The number of hydrogen-bond donors (Lipinski definition) is 1. The van der Waals surface area contributed by atoms with Gasteiger partial charge in [-0.2, -0.15) is 5.10 Å². The van der Waals surface area contributed by atoms with Gasteiger partial charge in [0.05, 0.1) is 23.6 Å². The number of carbonyl (C=O) groups excluding carboxylic acids is 2. The van der Waals surface area contributed by atoms with Crippen LogP contribution in [-0.4, -0.2) is 70.7 Å². The first-order valence-electron chi connectivity index (χ1n) is 10.3. The molecule has 2 aliphatic heterocycles. The highest BCUT2D eigenvalue weighted by Crippen LogP contribution is 2.39. The fourth-order valence-corrected chi connectivity index (χ4v) is 4.16. The molecule has 2 aromatic rings. The number of hydrogen-bond acceptors (Lipinski definition) is 5. The molecular weight excluding hydrogens is 368 g/mol. The predicted molar refractivity (Wildman–Crippen MR) is 113 cm³/mol. The Balaban J connectivity index is 1.73. The van der Waals surface area contributed by atoms with E-state index in [0.29, 0.717) is 35.7 Å². The molecule has 0 spiro atoms. The van der Waals surface area contributed by atoms with E-state index in [1.54, 1.807) is 16.6 Å². The zero-order valence-electron chi connectivity index (χ0n) is 17.3. The highest BCUT2D eigenvalue weighted by molar-refractivity contribution is 6.17. The molecule has 0 saturated carbocycles. The number of para-hydroxylation sites is 2. The summed E-state index contributed by atoms with van der Waals surface area (Å²) >= 11 is 0. The van der Waals surface area contributed by atoms with Crippen molar-refractivity contribution >= 4 is 28.9 Å². The van der Waals surface area contributed by atoms with Gasteiger partial charge in [0.2, 0.25) is 5.91 Å². The summed E-state index contributed by atoms with van der Waals surface area (Å²) in [5, 5.41) is 7.46. The van der Waals surface area contributed by atoms with E-state index in [2.05, 4.69) is 27.1 Å². The monoisotopic (exact) mass is 396 g/mol. The number of carbonyl (C=O) groups is 2. The molecule has 29 heavy (non-hydrogen) atoms. The van der Waals surface area contributed by atoms with E-state index >= 15 is 0 Å². The zero-order chi connectivity index (χ0) is 20.5. The molecule has 0 unspecified atom stereocenters. The lowest BCUT2D eigenvalue weighted by atomic mass is 10.1. The fourth-order valence-electron chi connectivity index (χ4n) is 4.16. The van der Waals surface area contributed by atoms with Gasteiger partial charge in [0.25, 0.3) is 5.91 Å². The van der Waals surface area contributed by atoms with Crippen molar-refractivity contribution in [3.63, 3.8) is 0 Å². The number of benzene rings is 1. The molecule has 1 aromatic heterocycles. The van der Waals surface area contributed by atoms with Crippen LogP contribution in [0.1, 0.15) is 30.0 Å². The predicted octanol–water partition coefficient (Wildman–Crippen LogP) is 1.85. The van der Waals surface area contributed by atoms with E-state index in [4.69, 9.17) is 0 Å². The Morgan fingerprint density at radius 3 is 2.48 bits per heavy atom. The van der Waals surface area contributed by atoms with Gasteiger partial charge in [0, 0.05) is 33.2 Å². The third-order valence-corrected chi connectivity index (χ3v) is 5.78. The summed E-state index contributed by atoms with van der Waals surface area (Å²) in [7, 11) is 1.75. The Bertz CT molecular complexity index is 929. The molecule has 154 valence electrons. The molecule has 8 nitrogen and oxygen atoms in total. The molecule has 0 aliphatic carbocycles. The van der Waals surface area contributed by atoms with Crippen molar-refractivity contribution in [2.24, 2.45) is 7.05 Å². The van der Waals surface area contributed by atoms with Crippen LogP contribution >= 0.6 is 0 Å². The lowest BCUT2D eigenvalue weighted by Crippen LogP contribution is -2.49. The minimum atomic E-state index is -0.242. The molecule has 3 heterocycles. The molecule has 0 atom stereocenters. The van der Waals surface area contributed by atoms with E-state index in [9.17, 15) is 9.59 Å². The Morgan fingerprint density at radius 2 is 1.79 bits per heavy atom. The van der Waals surface area contributed by atoms with Gasteiger partial charge in [-0.1, -0.05) is 26.0 Å². The van der Waals surface area contributed by atoms with Crippen molar-refractivity contribution in [1.82, 2.24) is 19.6 Å². The van der Waals surface area contributed by atoms with Gasteiger partial charge in [0.1, 0.15) is 5.69 Å². The average molecular weight is 396 g/mol. The molecule has 1 fully saturated rings. The van der Waals surface area contributed by atoms with Gasteiger partial charge in [-0.15, -0.1) is 0 Å². The molecule has 0 bridgehead atoms. The topological polar surface area (TPSA) is 73.7 Å². The zero-order valence-corrected chi connectivity index (χ0v) is 17.3. The third kappa shape index (κ3) is 3.54. The second-order valence-corrected chi connectivity index (χ2v) is 7.53. The highest BCUT2D eigenvalue weighted by Gasteiger charge is 2.35. The van der Waals surface area contributed by atoms with Crippen molar-refractivity contribution in [3.8, 4) is 0 Å². The maximum Gasteiger partial charge on any atom is 0.276 e. The summed E-state index contributed by atoms with van der Waals surface area (Å²) in [6, 6.07) is 7.46. The van der Waals surface area contributed by atoms with Gasteiger partial charge in [-0.25, -0.2) is 0 Å². The number of nitrogens with zero attached hydrogens (tertiary/aromatic N) is 5. The smallest absolute Gasteiger partial charge is 0.276 e. The molecule has 2 aliphatic rings. The van der Waals surface area contributed by atoms with Crippen LogP contribution in [-0.2, 0) is 18.3 Å². The number of nitrogens with one attached hydrogen (secondary N) is 1. The lowest BCUT2D eigenvalue weighted by Gasteiger charge is -2.34. The maximum absolute atomic E-state index is 13.6. The summed E-state index contributed by atoms with van der Waals surface area (Å²) in [4.78, 5) is 32.8. The Morgan fingerprint density at radius 1 is 1.10 bits per heavy atom. The van der Waals surface area contributed by atoms with Crippen LogP contribution in [0.4, 0.5) is 17.1 Å². The highest BCUT2D eigenvalue weighted by atomic mass is 16.2. The van der Waals surface area contributed by atoms with Crippen molar-refractivity contribution in [3.05, 3.63) is 35.7 Å². The summed E-state index contributed by atoms with van der Waals surface area (Å²) in [6.45, 7) is 9.18. The number of amides is 2. The van der Waals surface area contributed by atoms with Gasteiger partial charge in [-0.05, 0) is 25.1 Å². The van der Waals surface area contributed by atoms with E-state index in [1.807, 2.05) is 31.2 Å². The van der Waals surface area contributed by atoms with Crippen LogP contribution in [0.5, 0.6) is 0 Å². The largest absolute Gasteiger partial charge is 0.319 e. The number of aromatic nitrogens is 2. The number of anilines is 3. The number of likely N-dealkylation sites (N-methyl/N-ethyl adjacent to an activating group) is 1. The molecule has 4 rings (SSSR count). The Kier molecular flexibility index (Phi) is 5.38. The molecule has 2 amide bonds. The molecule has 0 radical (unpaired) electrons. The average Bonchev–Trinajstić information content (AvgIpc) is 2.98. The quantitative estimate of drug-likeness (QED) is 0.854. The molecule has 1 aromatic carbocycles. The van der Waals surface area contributed by atoms with Crippen LogP contribution in [0.15, 0.2) is 24.3 Å². The van der Waals surface area contributed by atoms with Gasteiger partial charge in [-0.3, -0.25) is 24.1 Å². The fraction of sp³-hybridized carbons (Fsp3) is 0.476. The number of aryl methyl sites for hydroxylation is 2. The van der Waals surface area contributed by atoms with Crippen molar-refractivity contribution in [2.45, 2.75) is 20.3 Å². The third-order valence-electron chi connectivity index (χ3n) is 5.78. The van der Waals surface area contributed by atoms with Gasteiger partial charge in [0.15, 0.2) is 5.69 Å². The van der Waals surface area contributed by atoms with Crippen LogP contribution in [0.3, 0.4) is 0 Å². The van der Waals surface area contributed by atoms with Crippen LogP contribution < -0.4 is 10.2 Å². The first-order chi connectivity index (χ1) is 14.0. The van der Waals surface area contributed by atoms with Crippen molar-refractivity contribution < 1.29 is 9.59 Å². The first-order valence-corrected chi connectivity index (χ1v) is 10.3. The van der Waals surface area contributed by atoms with E-state index in [1.165, 1.54) is 0 Å². The minimum absolute atomic E-state index is 0.0390. The minimum Gasteiger partial charge on any atom is -0.319 e. The number of rotatable bonds is 4. The first kappa shape index (κ1) is 19.6. The van der Waals surface area contributed by atoms with Gasteiger partial charge >= 0.3 is 0 Å². The van der Waals surface area contributed by atoms with Crippen molar-refractivity contribution in [1.29, 1.82) is 0 Å². The standard InChI is InChI=1S/C21H28N6O2/c1-4-15-19-20(24(3)23-15)21(29)22-16-8-6-7-9-17(16)27(19)18(28)14-26-12-10-25(5-2)11-13-26/h6-9H,4-5,10-14H2,1-3H3,(H,22,29). The van der Waals surface area contributed by atoms with Crippen molar-refractivity contribution in [2.75, 3.05) is 49.5 Å². The SMILES string of the molecule is CCc1nn(C)c2c1N(C(=O)CN1CCN(CC)CC1)c1ccccc1NC2=O. The molecular formula is C21H28N6O2. The number of fused-ring (bicyclic) bond motifs is 2. The van der Waals surface area contributed by atoms with E-state index in [0.717, 1.165) is 38.4 Å². The second-order valence-electron chi connectivity index (χ2n) is 7.53.